The summed E-state index contributed by atoms with van der Waals surface area (Å²) < 4.78 is 12.9. The Morgan fingerprint density at radius 2 is 2.19 bits per heavy atom. The Labute approximate surface area is 93.4 Å². The molecular formula is C12H11FN2O. The summed E-state index contributed by atoms with van der Waals surface area (Å²) in [5, 5.41) is 8.82. The number of carbonyl (C=O) groups is 1. The van der Waals surface area contributed by atoms with Crippen LogP contribution in [0.3, 0.4) is 0 Å². The SMILES string of the molecule is CN(C)C(=O)/C(C#N)=C\c1cccc(F)c1. The summed E-state index contributed by atoms with van der Waals surface area (Å²) in [6.07, 6.45) is 1.37. The molecule has 16 heavy (non-hydrogen) atoms. The fourth-order valence-electron chi connectivity index (χ4n) is 1.15. The molecule has 0 aromatic heterocycles. The summed E-state index contributed by atoms with van der Waals surface area (Å²) in [4.78, 5) is 12.8. The average molecular weight is 218 g/mol. The minimum Gasteiger partial charge on any atom is -0.344 e. The van der Waals surface area contributed by atoms with Crippen LogP contribution in [-0.2, 0) is 4.79 Å². The molecule has 0 spiro atoms. The van der Waals surface area contributed by atoms with Gasteiger partial charge in [-0.1, -0.05) is 12.1 Å². The van der Waals surface area contributed by atoms with Crippen molar-refractivity contribution in [2.75, 3.05) is 14.1 Å². The van der Waals surface area contributed by atoms with Crippen LogP contribution in [0, 0.1) is 17.1 Å². The number of amides is 1. The zero-order chi connectivity index (χ0) is 12.1. The van der Waals surface area contributed by atoms with Crippen LogP contribution in [0.25, 0.3) is 6.08 Å². The van der Waals surface area contributed by atoms with E-state index in [0.717, 1.165) is 0 Å². The third-order valence-electron chi connectivity index (χ3n) is 1.92. The molecule has 0 bridgehead atoms. The van der Waals surface area contributed by atoms with Crippen molar-refractivity contribution in [3.8, 4) is 6.07 Å². The van der Waals surface area contributed by atoms with Crippen molar-refractivity contribution in [3.05, 3.63) is 41.2 Å². The van der Waals surface area contributed by atoms with Gasteiger partial charge in [-0.25, -0.2) is 4.39 Å². The number of halogens is 1. The lowest BCUT2D eigenvalue weighted by molar-refractivity contribution is -0.124. The van der Waals surface area contributed by atoms with E-state index >= 15 is 0 Å². The third-order valence-corrected chi connectivity index (χ3v) is 1.92. The molecule has 0 aliphatic heterocycles. The number of nitrogens with zero attached hydrogens (tertiary/aromatic N) is 2. The van der Waals surface area contributed by atoms with Gasteiger partial charge < -0.3 is 4.90 Å². The molecule has 0 unspecified atom stereocenters. The minimum atomic E-state index is -0.400. The first kappa shape index (κ1) is 11.9. The van der Waals surface area contributed by atoms with Gasteiger partial charge in [0.15, 0.2) is 0 Å². The van der Waals surface area contributed by atoms with Crippen LogP contribution in [0.2, 0.25) is 0 Å². The van der Waals surface area contributed by atoms with E-state index < -0.39 is 11.7 Å². The molecule has 0 saturated carbocycles. The van der Waals surface area contributed by atoms with Crippen molar-refractivity contribution >= 4 is 12.0 Å². The molecule has 4 heteroatoms. The molecule has 1 aromatic rings. The molecule has 0 aliphatic carbocycles. The van der Waals surface area contributed by atoms with Crippen LogP contribution in [0.4, 0.5) is 4.39 Å². The van der Waals surface area contributed by atoms with Crippen molar-refractivity contribution in [3.63, 3.8) is 0 Å². The molecule has 0 N–H and O–H groups in total. The van der Waals surface area contributed by atoms with Crippen molar-refractivity contribution in [1.29, 1.82) is 5.26 Å². The second-order valence-electron chi connectivity index (χ2n) is 3.42. The lowest BCUT2D eigenvalue weighted by atomic mass is 10.1. The number of carbonyl (C=O) groups excluding carboxylic acids is 1. The van der Waals surface area contributed by atoms with Gasteiger partial charge in [0.05, 0.1) is 0 Å². The molecule has 1 aromatic carbocycles. The van der Waals surface area contributed by atoms with Crippen LogP contribution in [-0.4, -0.2) is 24.9 Å². The molecule has 0 radical (unpaired) electrons. The average Bonchev–Trinajstić information content (AvgIpc) is 2.25. The number of hydrogen-bond acceptors (Lipinski definition) is 2. The van der Waals surface area contributed by atoms with E-state index in [1.807, 2.05) is 0 Å². The zero-order valence-corrected chi connectivity index (χ0v) is 9.07. The Bertz CT molecular complexity index is 472. The molecule has 1 amide bonds. The van der Waals surface area contributed by atoms with Crippen LogP contribution in [0.5, 0.6) is 0 Å². The first-order chi connectivity index (χ1) is 7.54. The third kappa shape index (κ3) is 2.92. The monoisotopic (exact) mass is 218 g/mol. The topological polar surface area (TPSA) is 44.1 Å². The van der Waals surface area contributed by atoms with Gasteiger partial charge in [0.25, 0.3) is 5.91 Å². The smallest absolute Gasteiger partial charge is 0.264 e. The van der Waals surface area contributed by atoms with Gasteiger partial charge in [-0.2, -0.15) is 5.26 Å². The highest BCUT2D eigenvalue weighted by Gasteiger charge is 2.10. The van der Waals surface area contributed by atoms with Gasteiger partial charge in [-0.15, -0.1) is 0 Å². The summed E-state index contributed by atoms with van der Waals surface area (Å²) in [5.41, 5.74) is 0.474. The van der Waals surface area contributed by atoms with Crippen molar-refractivity contribution in [1.82, 2.24) is 4.90 Å². The van der Waals surface area contributed by atoms with E-state index in [0.29, 0.717) is 5.56 Å². The Hall–Kier alpha value is -2.15. The maximum atomic E-state index is 12.9. The summed E-state index contributed by atoms with van der Waals surface area (Å²) >= 11 is 0. The molecule has 0 atom stereocenters. The van der Waals surface area contributed by atoms with E-state index in [9.17, 15) is 9.18 Å². The van der Waals surface area contributed by atoms with Gasteiger partial charge in [0.1, 0.15) is 17.5 Å². The predicted molar refractivity (Wildman–Crippen MR) is 58.7 cm³/mol. The number of likely N-dealkylation sites (N-methyl/N-ethyl adjacent to an activating group) is 1. The number of benzene rings is 1. The lowest BCUT2D eigenvalue weighted by Crippen LogP contribution is -2.22. The molecule has 0 aliphatic rings. The molecule has 0 saturated heterocycles. The fraction of sp³-hybridized carbons (Fsp3) is 0.167. The van der Waals surface area contributed by atoms with Crippen molar-refractivity contribution < 1.29 is 9.18 Å². The van der Waals surface area contributed by atoms with Gasteiger partial charge in [-0.05, 0) is 23.8 Å². The maximum Gasteiger partial charge on any atom is 0.264 e. The maximum absolute atomic E-state index is 12.9. The van der Waals surface area contributed by atoms with Crippen LogP contribution < -0.4 is 0 Å². The summed E-state index contributed by atoms with van der Waals surface area (Å²) in [6.45, 7) is 0. The zero-order valence-electron chi connectivity index (χ0n) is 9.07. The fourth-order valence-corrected chi connectivity index (χ4v) is 1.15. The van der Waals surface area contributed by atoms with E-state index in [-0.39, 0.29) is 5.57 Å². The Kier molecular flexibility index (Phi) is 3.78. The van der Waals surface area contributed by atoms with E-state index in [1.54, 1.807) is 26.2 Å². The van der Waals surface area contributed by atoms with Gasteiger partial charge in [0, 0.05) is 14.1 Å². The second-order valence-corrected chi connectivity index (χ2v) is 3.42. The number of hydrogen-bond donors (Lipinski definition) is 0. The van der Waals surface area contributed by atoms with Crippen molar-refractivity contribution in [2.24, 2.45) is 0 Å². The van der Waals surface area contributed by atoms with Crippen molar-refractivity contribution in [2.45, 2.75) is 0 Å². The molecular weight excluding hydrogens is 207 g/mol. The van der Waals surface area contributed by atoms with Gasteiger partial charge in [0.2, 0.25) is 0 Å². The van der Waals surface area contributed by atoms with Crippen LogP contribution in [0.15, 0.2) is 29.8 Å². The van der Waals surface area contributed by atoms with Gasteiger partial charge in [-0.3, -0.25) is 4.79 Å². The quantitative estimate of drug-likeness (QED) is 0.561. The first-order valence-electron chi connectivity index (χ1n) is 4.63. The Morgan fingerprint density at radius 3 is 2.69 bits per heavy atom. The summed E-state index contributed by atoms with van der Waals surface area (Å²) in [5.74, 6) is -0.796. The highest BCUT2D eigenvalue weighted by Crippen LogP contribution is 2.09. The van der Waals surface area contributed by atoms with E-state index in [1.165, 1.54) is 29.2 Å². The molecule has 1 rings (SSSR count). The van der Waals surface area contributed by atoms with Crippen LogP contribution in [0.1, 0.15) is 5.56 Å². The largest absolute Gasteiger partial charge is 0.344 e. The molecule has 82 valence electrons. The standard InChI is InChI=1S/C12H11FN2O/c1-15(2)12(16)10(8-14)6-9-4-3-5-11(13)7-9/h3-7H,1-2H3/b10-6-. The minimum absolute atomic E-state index is 0.0180. The van der Waals surface area contributed by atoms with Crippen LogP contribution >= 0.6 is 0 Å². The number of nitriles is 1. The highest BCUT2D eigenvalue weighted by atomic mass is 19.1. The number of rotatable bonds is 2. The van der Waals surface area contributed by atoms with E-state index in [2.05, 4.69) is 0 Å². The van der Waals surface area contributed by atoms with E-state index in [4.69, 9.17) is 5.26 Å². The Morgan fingerprint density at radius 1 is 1.50 bits per heavy atom. The van der Waals surface area contributed by atoms with Gasteiger partial charge >= 0.3 is 0 Å². The molecule has 0 fully saturated rings. The predicted octanol–water partition coefficient (Wildman–Crippen LogP) is 1.82. The first-order valence-corrected chi connectivity index (χ1v) is 4.63. The second kappa shape index (κ2) is 5.08. The summed E-state index contributed by atoms with van der Waals surface area (Å²) in [6, 6.07) is 7.52. The molecule has 3 nitrogen and oxygen atoms in total. The molecule has 0 heterocycles. The lowest BCUT2D eigenvalue weighted by Gasteiger charge is -2.08. The highest BCUT2D eigenvalue weighted by molar-refractivity contribution is 6.01. The summed E-state index contributed by atoms with van der Waals surface area (Å²) in [7, 11) is 3.11. The normalized spacial score (nSPS) is 10.8. The Balaban J connectivity index is 3.07.